The number of nitrogens with one attached hydrogen (secondary N) is 2. The van der Waals surface area contributed by atoms with Crippen LogP contribution in [-0.2, 0) is 0 Å². The lowest BCUT2D eigenvalue weighted by molar-refractivity contribution is 0.102. The van der Waals surface area contributed by atoms with E-state index in [0.29, 0.717) is 30.2 Å². The number of benzene rings is 1. The molecule has 126 valence electrons. The fraction of sp³-hybridized carbons (Fsp3) is 0.118. The number of amides is 3. The summed E-state index contributed by atoms with van der Waals surface area (Å²) < 4.78 is 0. The number of thiazole rings is 1. The number of carbonyl (C=O) groups is 2. The maximum atomic E-state index is 12.6. The van der Waals surface area contributed by atoms with Crippen molar-refractivity contribution in [2.24, 2.45) is 0 Å². The van der Waals surface area contributed by atoms with Crippen molar-refractivity contribution in [2.45, 2.75) is 0 Å². The Morgan fingerprint density at radius 1 is 1.20 bits per heavy atom. The summed E-state index contributed by atoms with van der Waals surface area (Å²) in [7, 11) is 0. The number of anilines is 2. The molecule has 0 saturated carbocycles. The van der Waals surface area contributed by atoms with Crippen LogP contribution in [0.5, 0.6) is 0 Å². The molecule has 0 bridgehead atoms. The standard InChI is InChI=1S/C17H14N4O2S2/c22-15(12-10-25-16(20-12)14-6-3-9-24-14)19-11-4-1-2-5-13(11)21-8-7-18-17(21)23/h1-6,9-10H,7-8H2,(H,18,23)(H,19,22). The molecule has 1 aliphatic rings. The first-order valence-corrected chi connectivity index (χ1v) is 9.43. The predicted octanol–water partition coefficient (Wildman–Crippen LogP) is 3.65. The van der Waals surface area contributed by atoms with E-state index in [1.807, 2.05) is 35.7 Å². The number of hydrogen-bond donors (Lipinski definition) is 2. The van der Waals surface area contributed by atoms with Gasteiger partial charge in [0.05, 0.1) is 16.3 Å². The molecule has 0 aliphatic carbocycles. The van der Waals surface area contributed by atoms with E-state index in [0.717, 1.165) is 9.88 Å². The Hall–Kier alpha value is -2.71. The third kappa shape index (κ3) is 3.13. The van der Waals surface area contributed by atoms with Gasteiger partial charge in [0.1, 0.15) is 10.7 Å². The summed E-state index contributed by atoms with van der Waals surface area (Å²) in [5.41, 5.74) is 1.64. The lowest BCUT2D eigenvalue weighted by Gasteiger charge is -2.18. The molecule has 1 saturated heterocycles. The third-order valence-electron chi connectivity index (χ3n) is 3.77. The van der Waals surface area contributed by atoms with E-state index in [2.05, 4.69) is 15.6 Å². The van der Waals surface area contributed by atoms with Crippen molar-refractivity contribution in [1.82, 2.24) is 10.3 Å². The summed E-state index contributed by atoms with van der Waals surface area (Å²) >= 11 is 3.03. The number of thiophene rings is 1. The fourth-order valence-electron chi connectivity index (χ4n) is 2.59. The van der Waals surface area contributed by atoms with Crippen LogP contribution in [0.1, 0.15) is 10.5 Å². The molecule has 1 fully saturated rings. The Labute approximate surface area is 152 Å². The van der Waals surface area contributed by atoms with Crippen molar-refractivity contribution in [3.63, 3.8) is 0 Å². The zero-order chi connectivity index (χ0) is 17.2. The first kappa shape index (κ1) is 15.8. The van der Waals surface area contributed by atoms with Gasteiger partial charge in [-0.25, -0.2) is 9.78 Å². The summed E-state index contributed by atoms with van der Waals surface area (Å²) in [6.07, 6.45) is 0. The van der Waals surface area contributed by atoms with Gasteiger partial charge in [-0.1, -0.05) is 18.2 Å². The molecule has 8 heteroatoms. The smallest absolute Gasteiger partial charge is 0.322 e. The maximum absolute atomic E-state index is 12.6. The maximum Gasteiger partial charge on any atom is 0.322 e. The van der Waals surface area contributed by atoms with Crippen LogP contribution in [0.2, 0.25) is 0 Å². The first-order chi connectivity index (χ1) is 12.2. The average molecular weight is 370 g/mol. The molecule has 0 spiro atoms. The summed E-state index contributed by atoms with van der Waals surface area (Å²) in [6, 6.07) is 11.0. The normalized spacial score (nSPS) is 13.8. The minimum Gasteiger partial charge on any atom is -0.336 e. The van der Waals surface area contributed by atoms with Gasteiger partial charge >= 0.3 is 6.03 Å². The summed E-state index contributed by atoms with van der Waals surface area (Å²) in [4.78, 5) is 31.5. The molecule has 4 rings (SSSR count). The monoisotopic (exact) mass is 370 g/mol. The molecule has 1 aliphatic heterocycles. The number of rotatable bonds is 4. The third-order valence-corrected chi connectivity index (χ3v) is 5.65. The van der Waals surface area contributed by atoms with Crippen molar-refractivity contribution in [3.8, 4) is 9.88 Å². The van der Waals surface area contributed by atoms with Crippen LogP contribution >= 0.6 is 22.7 Å². The second-order valence-electron chi connectivity index (χ2n) is 5.37. The van der Waals surface area contributed by atoms with Gasteiger partial charge in [0.15, 0.2) is 0 Å². The number of para-hydroxylation sites is 2. The molecule has 0 atom stereocenters. The Balaban J connectivity index is 1.56. The highest BCUT2D eigenvalue weighted by Crippen LogP contribution is 2.30. The second kappa shape index (κ2) is 6.66. The van der Waals surface area contributed by atoms with Gasteiger partial charge in [-0.2, -0.15) is 0 Å². The molecular formula is C17H14N4O2S2. The Kier molecular flexibility index (Phi) is 4.21. The highest BCUT2D eigenvalue weighted by molar-refractivity contribution is 7.20. The van der Waals surface area contributed by atoms with Crippen LogP contribution in [0, 0.1) is 0 Å². The van der Waals surface area contributed by atoms with Crippen molar-refractivity contribution in [2.75, 3.05) is 23.3 Å². The first-order valence-electron chi connectivity index (χ1n) is 7.67. The summed E-state index contributed by atoms with van der Waals surface area (Å²) in [5.74, 6) is -0.286. The minimum absolute atomic E-state index is 0.157. The van der Waals surface area contributed by atoms with Crippen LogP contribution in [0.25, 0.3) is 9.88 Å². The van der Waals surface area contributed by atoms with E-state index in [1.54, 1.807) is 27.7 Å². The highest BCUT2D eigenvalue weighted by atomic mass is 32.1. The van der Waals surface area contributed by atoms with Crippen LogP contribution in [-0.4, -0.2) is 30.0 Å². The van der Waals surface area contributed by atoms with Crippen molar-refractivity contribution < 1.29 is 9.59 Å². The van der Waals surface area contributed by atoms with Crippen LogP contribution in [0.4, 0.5) is 16.2 Å². The van der Waals surface area contributed by atoms with Gasteiger partial charge in [-0.15, -0.1) is 22.7 Å². The second-order valence-corrected chi connectivity index (χ2v) is 7.18. The molecular weight excluding hydrogens is 356 g/mol. The molecule has 0 radical (unpaired) electrons. The molecule has 3 amide bonds. The number of urea groups is 1. The van der Waals surface area contributed by atoms with E-state index < -0.39 is 0 Å². The Bertz CT molecular complexity index is 920. The number of hydrogen-bond acceptors (Lipinski definition) is 5. The van der Waals surface area contributed by atoms with E-state index in [4.69, 9.17) is 0 Å². The van der Waals surface area contributed by atoms with Gasteiger partial charge in [0.25, 0.3) is 5.91 Å². The highest BCUT2D eigenvalue weighted by Gasteiger charge is 2.24. The molecule has 1 aromatic carbocycles. The quantitative estimate of drug-likeness (QED) is 0.736. The van der Waals surface area contributed by atoms with E-state index >= 15 is 0 Å². The topological polar surface area (TPSA) is 74.3 Å². The lowest BCUT2D eigenvalue weighted by atomic mass is 10.2. The van der Waals surface area contributed by atoms with Crippen LogP contribution in [0.3, 0.4) is 0 Å². The molecule has 0 unspecified atom stereocenters. The molecule has 6 nitrogen and oxygen atoms in total. The van der Waals surface area contributed by atoms with Gasteiger partial charge in [-0.3, -0.25) is 9.69 Å². The number of nitrogens with zero attached hydrogens (tertiary/aromatic N) is 2. The number of carbonyl (C=O) groups excluding carboxylic acids is 2. The summed E-state index contributed by atoms with van der Waals surface area (Å²) in [5, 5.41) is 10.2. The van der Waals surface area contributed by atoms with Gasteiger partial charge < -0.3 is 10.6 Å². The average Bonchev–Trinajstić information content (AvgIpc) is 3.36. The van der Waals surface area contributed by atoms with Gasteiger partial charge in [-0.05, 0) is 23.6 Å². The van der Waals surface area contributed by atoms with Crippen LogP contribution in [0.15, 0.2) is 47.2 Å². The van der Waals surface area contributed by atoms with Gasteiger partial charge in [0, 0.05) is 18.5 Å². The summed E-state index contributed by atoms with van der Waals surface area (Å²) in [6.45, 7) is 1.17. The SMILES string of the molecule is O=C(Nc1ccccc1N1CCNC1=O)c1csc(-c2cccs2)n1. The van der Waals surface area contributed by atoms with Crippen LogP contribution < -0.4 is 15.5 Å². The Morgan fingerprint density at radius 3 is 2.84 bits per heavy atom. The van der Waals surface area contributed by atoms with Crippen molar-refractivity contribution >= 4 is 46.0 Å². The van der Waals surface area contributed by atoms with Crippen molar-refractivity contribution in [3.05, 3.63) is 52.9 Å². The molecule has 25 heavy (non-hydrogen) atoms. The minimum atomic E-state index is -0.286. The van der Waals surface area contributed by atoms with E-state index in [9.17, 15) is 9.59 Å². The molecule has 2 aromatic heterocycles. The zero-order valence-electron chi connectivity index (χ0n) is 13.1. The van der Waals surface area contributed by atoms with E-state index in [-0.39, 0.29) is 11.9 Å². The largest absolute Gasteiger partial charge is 0.336 e. The molecule has 2 N–H and O–H groups in total. The Morgan fingerprint density at radius 2 is 2.08 bits per heavy atom. The lowest BCUT2D eigenvalue weighted by Crippen LogP contribution is -2.28. The molecule has 3 aromatic rings. The van der Waals surface area contributed by atoms with Gasteiger partial charge in [0.2, 0.25) is 0 Å². The fourth-order valence-corrected chi connectivity index (χ4v) is 4.21. The molecule has 3 heterocycles. The number of aromatic nitrogens is 1. The van der Waals surface area contributed by atoms with E-state index in [1.165, 1.54) is 11.3 Å². The predicted molar refractivity (Wildman–Crippen MR) is 101 cm³/mol. The zero-order valence-corrected chi connectivity index (χ0v) is 14.7. The van der Waals surface area contributed by atoms with Crippen molar-refractivity contribution in [1.29, 1.82) is 0 Å².